The zero-order chi connectivity index (χ0) is 10.6. The smallest absolute Gasteiger partial charge is 0.321 e. The van der Waals surface area contributed by atoms with Crippen molar-refractivity contribution in [1.29, 1.82) is 0 Å². The van der Waals surface area contributed by atoms with E-state index in [4.69, 9.17) is 10.8 Å². The molecule has 1 aromatic rings. The van der Waals surface area contributed by atoms with Crippen molar-refractivity contribution < 1.29 is 9.90 Å². The molecule has 78 valence electrons. The van der Waals surface area contributed by atoms with Gasteiger partial charge in [-0.1, -0.05) is 0 Å². The molecular formula is C9H14N2O2S. The Balaban J connectivity index is 2.35. The third-order valence-corrected chi connectivity index (χ3v) is 2.71. The molecule has 0 aliphatic heterocycles. The number of carboxylic acid groups (broad SMARTS) is 1. The Bertz CT molecular complexity index is 287. The highest BCUT2D eigenvalue weighted by molar-refractivity contribution is 7.07. The Morgan fingerprint density at radius 3 is 3.00 bits per heavy atom. The minimum atomic E-state index is -0.977. The fourth-order valence-electron chi connectivity index (χ4n) is 1.03. The van der Waals surface area contributed by atoms with Crippen LogP contribution in [0.15, 0.2) is 16.8 Å². The third kappa shape index (κ3) is 3.10. The van der Waals surface area contributed by atoms with Crippen molar-refractivity contribution in [2.75, 3.05) is 6.54 Å². The van der Waals surface area contributed by atoms with E-state index in [-0.39, 0.29) is 12.6 Å². The predicted octanol–water partition coefficient (Wildman–Crippen LogP) is 0.811. The fraction of sp³-hybridized carbons (Fsp3) is 0.444. The summed E-state index contributed by atoms with van der Waals surface area (Å²) in [7, 11) is 0. The number of carbonyl (C=O) groups is 1. The maximum absolute atomic E-state index is 10.4. The Hall–Kier alpha value is -0.910. The molecule has 4 N–H and O–H groups in total. The topological polar surface area (TPSA) is 75.3 Å². The van der Waals surface area contributed by atoms with E-state index in [1.807, 2.05) is 23.8 Å². The Morgan fingerprint density at radius 2 is 2.50 bits per heavy atom. The average Bonchev–Trinajstić information content (AvgIpc) is 2.66. The van der Waals surface area contributed by atoms with Gasteiger partial charge in [-0.25, -0.2) is 0 Å². The Labute approximate surface area is 86.7 Å². The van der Waals surface area contributed by atoms with Gasteiger partial charge in [0.15, 0.2) is 0 Å². The molecule has 0 aromatic carbocycles. The summed E-state index contributed by atoms with van der Waals surface area (Å²) < 4.78 is 0. The second kappa shape index (κ2) is 5.09. The van der Waals surface area contributed by atoms with Gasteiger partial charge in [-0.05, 0) is 29.3 Å². The average molecular weight is 214 g/mol. The zero-order valence-electron chi connectivity index (χ0n) is 7.93. The molecule has 1 heterocycles. The summed E-state index contributed by atoms with van der Waals surface area (Å²) in [6.07, 6.45) is 0. The van der Waals surface area contributed by atoms with Crippen LogP contribution >= 0.6 is 11.3 Å². The van der Waals surface area contributed by atoms with Crippen LogP contribution in [0.25, 0.3) is 0 Å². The van der Waals surface area contributed by atoms with Crippen LogP contribution in [0.3, 0.4) is 0 Å². The van der Waals surface area contributed by atoms with Crippen LogP contribution in [-0.4, -0.2) is 23.7 Å². The van der Waals surface area contributed by atoms with Crippen molar-refractivity contribution in [3.8, 4) is 0 Å². The van der Waals surface area contributed by atoms with E-state index in [9.17, 15) is 4.79 Å². The number of rotatable bonds is 5. The fourth-order valence-corrected chi connectivity index (χ4v) is 1.78. The molecule has 0 bridgehead atoms. The van der Waals surface area contributed by atoms with Crippen molar-refractivity contribution in [3.05, 3.63) is 22.4 Å². The minimum Gasteiger partial charge on any atom is -0.480 e. The second-order valence-corrected chi connectivity index (χ2v) is 3.91. The van der Waals surface area contributed by atoms with Crippen LogP contribution in [0.1, 0.15) is 18.5 Å². The third-order valence-electron chi connectivity index (χ3n) is 2.00. The first kappa shape index (κ1) is 11.2. The number of nitrogens with two attached hydrogens (primary N) is 1. The van der Waals surface area contributed by atoms with E-state index >= 15 is 0 Å². The summed E-state index contributed by atoms with van der Waals surface area (Å²) in [5, 5.41) is 15.7. The van der Waals surface area contributed by atoms with E-state index in [1.165, 1.54) is 0 Å². The highest BCUT2D eigenvalue weighted by Gasteiger charge is 2.13. The number of aliphatic carboxylic acids is 1. The molecule has 0 saturated heterocycles. The molecule has 5 heteroatoms. The van der Waals surface area contributed by atoms with Gasteiger partial charge in [0.25, 0.3) is 0 Å². The number of carboxylic acids is 1. The van der Waals surface area contributed by atoms with E-state index < -0.39 is 12.0 Å². The highest BCUT2D eigenvalue weighted by Crippen LogP contribution is 2.14. The first-order valence-corrected chi connectivity index (χ1v) is 5.29. The molecule has 0 fully saturated rings. The maximum Gasteiger partial charge on any atom is 0.321 e. The Morgan fingerprint density at radius 1 is 1.79 bits per heavy atom. The summed E-state index contributed by atoms with van der Waals surface area (Å²) in [6.45, 7) is 2.27. The lowest BCUT2D eigenvalue weighted by molar-refractivity contribution is -0.138. The maximum atomic E-state index is 10.4. The van der Waals surface area contributed by atoms with Gasteiger partial charge >= 0.3 is 5.97 Å². The second-order valence-electron chi connectivity index (χ2n) is 3.13. The lowest BCUT2D eigenvalue weighted by Gasteiger charge is -2.14. The number of nitrogens with one attached hydrogen (secondary N) is 1. The van der Waals surface area contributed by atoms with Crippen LogP contribution in [0.4, 0.5) is 0 Å². The molecule has 1 aromatic heterocycles. The van der Waals surface area contributed by atoms with E-state index in [0.717, 1.165) is 5.56 Å². The summed E-state index contributed by atoms with van der Waals surface area (Å²) in [6, 6.07) is 1.32. The van der Waals surface area contributed by atoms with Crippen LogP contribution in [-0.2, 0) is 4.79 Å². The van der Waals surface area contributed by atoms with Crippen LogP contribution in [0, 0.1) is 0 Å². The molecule has 0 spiro atoms. The summed E-state index contributed by atoms with van der Waals surface area (Å²) in [5.41, 5.74) is 6.52. The molecule has 0 saturated carbocycles. The summed E-state index contributed by atoms with van der Waals surface area (Å²) in [4.78, 5) is 10.4. The standard InChI is InChI=1S/C9H14N2O2S/c1-6(7-2-3-14-5-7)11-4-8(10)9(12)13/h2-3,5-6,8,11H,4,10H2,1H3,(H,12,13). The van der Waals surface area contributed by atoms with Crippen molar-refractivity contribution in [1.82, 2.24) is 5.32 Å². The predicted molar refractivity (Wildman–Crippen MR) is 56.3 cm³/mol. The highest BCUT2D eigenvalue weighted by atomic mass is 32.1. The largest absolute Gasteiger partial charge is 0.480 e. The molecular weight excluding hydrogens is 200 g/mol. The van der Waals surface area contributed by atoms with E-state index in [0.29, 0.717) is 0 Å². The Kier molecular flexibility index (Phi) is 4.06. The molecule has 0 amide bonds. The van der Waals surface area contributed by atoms with Gasteiger partial charge in [0.05, 0.1) is 0 Å². The van der Waals surface area contributed by atoms with Gasteiger partial charge in [-0.15, -0.1) is 0 Å². The van der Waals surface area contributed by atoms with E-state index in [1.54, 1.807) is 11.3 Å². The molecule has 0 aliphatic carbocycles. The quantitative estimate of drug-likeness (QED) is 0.678. The molecule has 14 heavy (non-hydrogen) atoms. The lowest BCUT2D eigenvalue weighted by atomic mass is 10.2. The first-order valence-electron chi connectivity index (χ1n) is 4.35. The molecule has 0 aliphatic rings. The van der Waals surface area contributed by atoms with E-state index in [2.05, 4.69) is 5.32 Å². The lowest BCUT2D eigenvalue weighted by Crippen LogP contribution is -2.40. The zero-order valence-corrected chi connectivity index (χ0v) is 8.75. The number of hydrogen-bond donors (Lipinski definition) is 3. The van der Waals surface area contributed by atoms with Crippen LogP contribution < -0.4 is 11.1 Å². The molecule has 2 unspecified atom stereocenters. The SMILES string of the molecule is CC(NCC(N)C(=O)O)c1ccsc1. The van der Waals surface area contributed by atoms with Crippen molar-refractivity contribution in [2.24, 2.45) is 5.73 Å². The minimum absolute atomic E-state index is 0.145. The van der Waals surface area contributed by atoms with Crippen molar-refractivity contribution in [2.45, 2.75) is 19.0 Å². The molecule has 1 rings (SSSR count). The van der Waals surface area contributed by atoms with Crippen molar-refractivity contribution in [3.63, 3.8) is 0 Å². The first-order chi connectivity index (χ1) is 6.61. The monoisotopic (exact) mass is 214 g/mol. The van der Waals surface area contributed by atoms with Gasteiger partial charge in [-0.2, -0.15) is 11.3 Å². The molecule has 2 atom stereocenters. The molecule has 0 radical (unpaired) electrons. The van der Waals surface area contributed by atoms with Gasteiger partial charge in [0.1, 0.15) is 6.04 Å². The van der Waals surface area contributed by atoms with Gasteiger partial charge in [-0.3, -0.25) is 4.79 Å². The van der Waals surface area contributed by atoms with Crippen LogP contribution in [0.2, 0.25) is 0 Å². The normalized spacial score (nSPS) is 15.0. The summed E-state index contributed by atoms with van der Waals surface area (Å²) in [5.74, 6) is -0.977. The number of hydrogen-bond acceptors (Lipinski definition) is 4. The summed E-state index contributed by atoms with van der Waals surface area (Å²) >= 11 is 1.62. The van der Waals surface area contributed by atoms with Gasteiger partial charge in [0, 0.05) is 12.6 Å². The molecule has 4 nitrogen and oxygen atoms in total. The number of thiophene rings is 1. The van der Waals surface area contributed by atoms with Crippen molar-refractivity contribution >= 4 is 17.3 Å². The van der Waals surface area contributed by atoms with Crippen LogP contribution in [0.5, 0.6) is 0 Å². The van der Waals surface area contributed by atoms with Gasteiger partial charge < -0.3 is 16.2 Å². The van der Waals surface area contributed by atoms with Gasteiger partial charge in [0.2, 0.25) is 0 Å².